The van der Waals surface area contributed by atoms with Crippen LogP contribution in [0.4, 0.5) is 0 Å². The summed E-state index contributed by atoms with van der Waals surface area (Å²) >= 11 is 6.22. The third-order valence-electron chi connectivity index (χ3n) is 6.10. The smallest absolute Gasteiger partial charge is 0.321 e. The van der Waals surface area contributed by atoms with E-state index < -0.39 is 0 Å². The lowest BCUT2D eigenvalue weighted by atomic mass is 9.87. The van der Waals surface area contributed by atoms with Crippen molar-refractivity contribution in [3.05, 3.63) is 77.6 Å². The molecule has 1 spiro atoms. The molecule has 2 aliphatic rings. The molecule has 1 aromatic heterocycles. The average Bonchev–Trinajstić information content (AvgIpc) is 3.23. The number of hydrogen-bond donors (Lipinski definition) is 0. The first kappa shape index (κ1) is 21.7. The highest BCUT2D eigenvalue weighted by Gasteiger charge is 2.44. The van der Waals surface area contributed by atoms with Crippen LogP contribution in [0.5, 0.6) is 17.5 Å². The summed E-state index contributed by atoms with van der Waals surface area (Å²) in [7, 11) is 0. The highest BCUT2D eigenvalue weighted by molar-refractivity contribution is 6.32. The van der Waals surface area contributed by atoms with E-state index >= 15 is 0 Å². The lowest BCUT2D eigenvalue weighted by molar-refractivity contribution is -0.0395. The molecule has 0 aliphatic carbocycles. The van der Waals surface area contributed by atoms with Crippen molar-refractivity contribution in [2.75, 3.05) is 19.7 Å². The number of halogens is 1. The van der Waals surface area contributed by atoms with Gasteiger partial charge in [-0.25, -0.2) is 9.97 Å². The third-order valence-corrected chi connectivity index (χ3v) is 6.41. The van der Waals surface area contributed by atoms with Crippen molar-refractivity contribution in [2.24, 2.45) is 0 Å². The first-order valence-corrected chi connectivity index (χ1v) is 11.4. The van der Waals surface area contributed by atoms with Gasteiger partial charge in [-0.05, 0) is 49.2 Å². The number of amides is 1. The standard InChI is InChI=1S/C25H24ClN3O4/c26-21-7-1-2-8-22(21)32-20-16-25(31-17-20)9-13-29(14-10-25)23(30)18-5-3-6-19(15-18)33-24-27-11-4-12-28-24/h1-8,11-12,15,20H,9-10,13-14,16-17H2. The van der Waals surface area contributed by atoms with Crippen molar-refractivity contribution >= 4 is 17.5 Å². The molecule has 1 amide bonds. The van der Waals surface area contributed by atoms with Gasteiger partial charge in [0.15, 0.2) is 0 Å². The molecule has 0 radical (unpaired) electrons. The predicted molar refractivity (Wildman–Crippen MR) is 123 cm³/mol. The van der Waals surface area contributed by atoms with Crippen molar-refractivity contribution in [1.82, 2.24) is 14.9 Å². The molecule has 33 heavy (non-hydrogen) atoms. The van der Waals surface area contributed by atoms with Gasteiger partial charge in [-0.15, -0.1) is 0 Å². The van der Waals surface area contributed by atoms with Crippen LogP contribution < -0.4 is 9.47 Å². The van der Waals surface area contributed by atoms with Gasteiger partial charge in [-0.1, -0.05) is 29.8 Å². The Morgan fingerprint density at radius 2 is 1.85 bits per heavy atom. The lowest BCUT2D eigenvalue weighted by Gasteiger charge is -2.38. The van der Waals surface area contributed by atoms with E-state index in [-0.39, 0.29) is 23.6 Å². The Hall–Kier alpha value is -3.16. The maximum Gasteiger partial charge on any atom is 0.321 e. The molecular weight excluding hydrogens is 442 g/mol. The zero-order valence-corrected chi connectivity index (χ0v) is 18.8. The maximum absolute atomic E-state index is 13.1. The summed E-state index contributed by atoms with van der Waals surface area (Å²) in [5.74, 6) is 1.19. The number of nitrogens with zero attached hydrogens (tertiary/aromatic N) is 3. The summed E-state index contributed by atoms with van der Waals surface area (Å²) in [4.78, 5) is 23.1. The number of rotatable bonds is 5. The van der Waals surface area contributed by atoms with E-state index in [0.29, 0.717) is 41.8 Å². The van der Waals surface area contributed by atoms with Crippen LogP contribution in [-0.4, -0.2) is 52.2 Å². The summed E-state index contributed by atoms with van der Waals surface area (Å²) in [6, 6.07) is 16.5. The number of hydrogen-bond acceptors (Lipinski definition) is 6. The molecule has 170 valence electrons. The van der Waals surface area contributed by atoms with Crippen molar-refractivity contribution in [3.63, 3.8) is 0 Å². The van der Waals surface area contributed by atoms with Gasteiger partial charge in [-0.3, -0.25) is 4.79 Å². The fourth-order valence-electron chi connectivity index (χ4n) is 4.38. The molecule has 7 nitrogen and oxygen atoms in total. The minimum absolute atomic E-state index is 0.0221. The molecule has 8 heteroatoms. The van der Waals surface area contributed by atoms with Gasteiger partial charge in [0.2, 0.25) is 0 Å². The third kappa shape index (κ3) is 4.94. The summed E-state index contributed by atoms with van der Waals surface area (Å²) in [5.41, 5.74) is 0.324. The zero-order valence-electron chi connectivity index (χ0n) is 18.0. The van der Waals surface area contributed by atoms with Crippen LogP contribution >= 0.6 is 11.6 Å². The van der Waals surface area contributed by atoms with Crippen molar-refractivity contribution in [2.45, 2.75) is 31.0 Å². The highest BCUT2D eigenvalue weighted by Crippen LogP contribution is 2.38. The summed E-state index contributed by atoms with van der Waals surface area (Å²) in [6.45, 7) is 1.79. The Balaban J connectivity index is 1.18. The van der Waals surface area contributed by atoms with Crippen LogP contribution in [-0.2, 0) is 4.74 Å². The Morgan fingerprint density at radius 1 is 1.06 bits per heavy atom. The van der Waals surface area contributed by atoms with Crippen molar-refractivity contribution in [1.29, 1.82) is 0 Å². The number of aromatic nitrogens is 2. The topological polar surface area (TPSA) is 73.8 Å². The van der Waals surface area contributed by atoms with E-state index in [9.17, 15) is 4.79 Å². The van der Waals surface area contributed by atoms with Gasteiger partial charge in [-0.2, -0.15) is 0 Å². The fraction of sp³-hybridized carbons (Fsp3) is 0.320. The Bertz CT molecular complexity index is 1120. The number of benzene rings is 2. The minimum Gasteiger partial charge on any atom is -0.486 e. The number of likely N-dealkylation sites (tertiary alicyclic amines) is 1. The average molecular weight is 466 g/mol. The lowest BCUT2D eigenvalue weighted by Crippen LogP contribution is -2.46. The van der Waals surface area contributed by atoms with Crippen LogP contribution in [0.15, 0.2) is 67.0 Å². The normalized spacial score (nSPS) is 19.4. The summed E-state index contributed by atoms with van der Waals surface area (Å²) in [5, 5.41) is 0.601. The quantitative estimate of drug-likeness (QED) is 0.540. The molecule has 0 bridgehead atoms. The van der Waals surface area contributed by atoms with Gasteiger partial charge in [0.25, 0.3) is 5.91 Å². The molecule has 3 heterocycles. The van der Waals surface area contributed by atoms with Crippen LogP contribution in [0.25, 0.3) is 0 Å². The molecule has 2 aromatic carbocycles. The first-order valence-electron chi connectivity index (χ1n) is 11.0. The van der Waals surface area contributed by atoms with Gasteiger partial charge in [0.05, 0.1) is 17.2 Å². The van der Waals surface area contributed by atoms with E-state index in [1.165, 1.54) is 0 Å². The SMILES string of the molecule is O=C(c1cccc(Oc2ncccn2)c1)N1CCC2(CC1)CC(Oc1ccccc1Cl)CO2. The maximum atomic E-state index is 13.1. The molecule has 0 N–H and O–H groups in total. The molecule has 2 saturated heterocycles. The molecule has 3 aromatic rings. The van der Waals surface area contributed by atoms with Crippen molar-refractivity contribution < 1.29 is 19.0 Å². The minimum atomic E-state index is -0.252. The van der Waals surface area contributed by atoms with Crippen LogP contribution in [0.2, 0.25) is 5.02 Å². The van der Waals surface area contributed by atoms with Crippen LogP contribution in [0.1, 0.15) is 29.6 Å². The van der Waals surface area contributed by atoms with Crippen molar-refractivity contribution in [3.8, 4) is 17.5 Å². The van der Waals surface area contributed by atoms with Crippen LogP contribution in [0, 0.1) is 0 Å². The van der Waals surface area contributed by atoms with Crippen LogP contribution in [0.3, 0.4) is 0 Å². The molecular formula is C25H24ClN3O4. The van der Waals surface area contributed by atoms with Gasteiger partial charge in [0.1, 0.15) is 17.6 Å². The molecule has 2 aliphatic heterocycles. The largest absolute Gasteiger partial charge is 0.486 e. The molecule has 5 rings (SSSR count). The molecule has 1 unspecified atom stereocenters. The van der Waals surface area contributed by atoms with E-state index in [1.807, 2.05) is 29.2 Å². The first-order chi connectivity index (χ1) is 16.1. The second kappa shape index (κ2) is 9.37. The van der Waals surface area contributed by atoms with Gasteiger partial charge < -0.3 is 19.1 Å². The Labute approximate surface area is 197 Å². The summed E-state index contributed by atoms with van der Waals surface area (Å²) < 4.78 is 17.9. The van der Waals surface area contributed by atoms with E-state index in [0.717, 1.165) is 19.3 Å². The number of carbonyl (C=O) groups excluding carboxylic acids is 1. The molecule has 2 fully saturated rings. The monoisotopic (exact) mass is 465 g/mol. The summed E-state index contributed by atoms with van der Waals surface area (Å²) in [6.07, 6.45) is 5.51. The molecule has 0 saturated carbocycles. The number of piperidine rings is 1. The van der Waals surface area contributed by atoms with Gasteiger partial charge >= 0.3 is 6.01 Å². The zero-order chi connectivity index (χ0) is 22.7. The highest BCUT2D eigenvalue weighted by atomic mass is 35.5. The van der Waals surface area contributed by atoms with E-state index in [2.05, 4.69) is 9.97 Å². The Kier molecular flexibility index (Phi) is 6.15. The second-order valence-corrected chi connectivity index (χ2v) is 8.73. The van der Waals surface area contributed by atoms with E-state index in [1.54, 1.807) is 42.7 Å². The van der Waals surface area contributed by atoms with E-state index in [4.69, 9.17) is 25.8 Å². The predicted octanol–water partition coefficient (Wildman–Crippen LogP) is 4.77. The van der Waals surface area contributed by atoms with Gasteiger partial charge in [0, 0.05) is 37.5 Å². The number of ether oxygens (including phenoxy) is 3. The number of para-hydroxylation sites is 1. The molecule has 1 atom stereocenters. The fourth-order valence-corrected chi connectivity index (χ4v) is 4.56. The second-order valence-electron chi connectivity index (χ2n) is 8.32. The number of carbonyl (C=O) groups is 1. The Morgan fingerprint density at radius 3 is 2.64 bits per heavy atom.